The number of carbonyl (C=O) groups excluding carboxylic acids is 2. The molecule has 3 N–H and O–H groups in total. The number of phenols is 1. The van der Waals surface area contributed by atoms with Crippen molar-refractivity contribution in [2.45, 2.75) is 12.8 Å². The van der Waals surface area contributed by atoms with Crippen molar-refractivity contribution >= 4 is 23.7 Å². The average molecular weight is 367 g/mol. The van der Waals surface area contributed by atoms with Crippen LogP contribution in [0.15, 0.2) is 60.2 Å². The van der Waals surface area contributed by atoms with Crippen LogP contribution >= 0.6 is 0 Å². The lowest BCUT2D eigenvalue weighted by Crippen LogP contribution is -2.24. The molecule has 2 amide bonds. The highest BCUT2D eigenvalue weighted by Gasteiger charge is 2.10. The number of rotatable bonds is 8. The van der Waals surface area contributed by atoms with Crippen LogP contribution in [0.5, 0.6) is 11.5 Å². The third kappa shape index (κ3) is 6.00. The van der Waals surface area contributed by atoms with Crippen molar-refractivity contribution in [2.24, 2.45) is 5.10 Å². The molecule has 140 valence electrons. The SMILES string of the molecule is C=CCc1cc(C=NNC(=O)CC(=O)Nc2ccccc2)cc(OC)c1O. The first kappa shape index (κ1) is 19.7. The Balaban J connectivity index is 1.94. The van der Waals surface area contributed by atoms with Crippen molar-refractivity contribution < 1.29 is 19.4 Å². The van der Waals surface area contributed by atoms with E-state index >= 15 is 0 Å². The van der Waals surface area contributed by atoms with Crippen LogP contribution in [0.1, 0.15) is 17.5 Å². The first-order chi connectivity index (χ1) is 13.0. The fourth-order valence-electron chi connectivity index (χ4n) is 2.32. The smallest absolute Gasteiger partial charge is 0.249 e. The van der Waals surface area contributed by atoms with Gasteiger partial charge in [0, 0.05) is 11.3 Å². The summed E-state index contributed by atoms with van der Waals surface area (Å²) in [6.07, 6.45) is 3.16. The van der Waals surface area contributed by atoms with Gasteiger partial charge in [-0.25, -0.2) is 5.43 Å². The number of anilines is 1. The van der Waals surface area contributed by atoms with E-state index in [1.807, 2.05) is 6.07 Å². The number of amides is 2. The zero-order valence-corrected chi connectivity index (χ0v) is 14.9. The highest BCUT2D eigenvalue weighted by atomic mass is 16.5. The Morgan fingerprint density at radius 1 is 1.22 bits per heavy atom. The van der Waals surface area contributed by atoms with Crippen molar-refractivity contribution in [2.75, 3.05) is 12.4 Å². The predicted octanol–water partition coefficient (Wildman–Crippen LogP) is 2.61. The number of hydrogen-bond acceptors (Lipinski definition) is 5. The monoisotopic (exact) mass is 367 g/mol. The summed E-state index contributed by atoms with van der Waals surface area (Å²) in [5, 5.41) is 16.5. The van der Waals surface area contributed by atoms with Crippen molar-refractivity contribution in [3.8, 4) is 11.5 Å². The molecule has 27 heavy (non-hydrogen) atoms. The Morgan fingerprint density at radius 3 is 2.63 bits per heavy atom. The molecule has 7 heteroatoms. The molecule has 0 atom stereocenters. The van der Waals surface area contributed by atoms with Gasteiger partial charge in [-0.2, -0.15) is 5.10 Å². The maximum Gasteiger partial charge on any atom is 0.249 e. The van der Waals surface area contributed by atoms with Gasteiger partial charge >= 0.3 is 0 Å². The maximum absolute atomic E-state index is 11.8. The van der Waals surface area contributed by atoms with Crippen LogP contribution in [-0.2, 0) is 16.0 Å². The van der Waals surface area contributed by atoms with Crippen molar-refractivity contribution in [3.63, 3.8) is 0 Å². The average Bonchev–Trinajstić information content (AvgIpc) is 2.65. The number of allylic oxidation sites excluding steroid dienone is 1. The van der Waals surface area contributed by atoms with Crippen molar-refractivity contribution in [1.82, 2.24) is 5.43 Å². The Labute approximate surface area is 157 Å². The maximum atomic E-state index is 11.8. The molecule has 0 bridgehead atoms. The van der Waals surface area contributed by atoms with Crippen LogP contribution in [0, 0.1) is 0 Å². The number of aromatic hydroxyl groups is 1. The molecule has 0 saturated heterocycles. The second-order valence-corrected chi connectivity index (χ2v) is 5.61. The standard InChI is InChI=1S/C20H21N3O4/c1-3-7-15-10-14(11-17(27-2)20(15)26)13-21-23-19(25)12-18(24)22-16-8-5-4-6-9-16/h3-6,8-11,13,26H,1,7,12H2,2H3,(H,22,24)(H,23,25). The Morgan fingerprint density at radius 2 is 1.96 bits per heavy atom. The number of nitrogens with zero attached hydrogens (tertiary/aromatic N) is 1. The second-order valence-electron chi connectivity index (χ2n) is 5.61. The lowest BCUT2D eigenvalue weighted by atomic mass is 10.1. The third-order valence-electron chi connectivity index (χ3n) is 3.54. The molecule has 2 aromatic carbocycles. The number of methoxy groups -OCH3 is 1. The molecule has 0 saturated carbocycles. The van der Waals surface area contributed by atoms with Crippen LogP contribution in [0.25, 0.3) is 0 Å². The zero-order valence-electron chi connectivity index (χ0n) is 14.9. The molecule has 2 aromatic rings. The summed E-state index contributed by atoms with van der Waals surface area (Å²) in [5.41, 5.74) is 4.16. The molecule has 0 unspecified atom stereocenters. The van der Waals surface area contributed by atoms with E-state index in [1.54, 1.807) is 42.5 Å². The predicted molar refractivity (Wildman–Crippen MR) is 104 cm³/mol. The second kappa shape index (κ2) is 9.76. The Bertz CT molecular complexity index is 848. The van der Waals surface area contributed by atoms with E-state index in [0.29, 0.717) is 29.0 Å². The molecule has 0 aliphatic heterocycles. The highest BCUT2D eigenvalue weighted by molar-refractivity contribution is 6.03. The number of para-hydroxylation sites is 1. The van der Waals surface area contributed by atoms with Gasteiger partial charge in [-0.1, -0.05) is 24.3 Å². The van der Waals surface area contributed by atoms with Crippen LogP contribution in [0.3, 0.4) is 0 Å². The van der Waals surface area contributed by atoms with E-state index in [-0.39, 0.29) is 12.2 Å². The number of hydrazone groups is 1. The van der Waals surface area contributed by atoms with E-state index < -0.39 is 11.8 Å². The van der Waals surface area contributed by atoms with Gasteiger partial charge in [-0.05, 0) is 36.2 Å². The van der Waals surface area contributed by atoms with E-state index in [2.05, 4.69) is 22.4 Å². The van der Waals surface area contributed by atoms with Gasteiger partial charge in [-0.15, -0.1) is 6.58 Å². The van der Waals surface area contributed by atoms with Gasteiger partial charge in [0.05, 0.1) is 13.3 Å². The fourth-order valence-corrected chi connectivity index (χ4v) is 2.32. The summed E-state index contributed by atoms with van der Waals surface area (Å²) >= 11 is 0. The quantitative estimate of drug-likeness (QED) is 0.289. The summed E-state index contributed by atoms with van der Waals surface area (Å²) < 4.78 is 5.12. The minimum atomic E-state index is -0.545. The normalized spacial score (nSPS) is 10.4. The fraction of sp³-hybridized carbons (Fsp3) is 0.150. The highest BCUT2D eigenvalue weighted by Crippen LogP contribution is 2.31. The molecular weight excluding hydrogens is 346 g/mol. The van der Waals surface area contributed by atoms with Crippen LogP contribution in [-0.4, -0.2) is 30.2 Å². The molecule has 0 fully saturated rings. The first-order valence-electron chi connectivity index (χ1n) is 8.21. The Kier molecular flexibility index (Phi) is 7.13. The van der Waals surface area contributed by atoms with Gasteiger partial charge in [0.2, 0.25) is 11.8 Å². The minimum Gasteiger partial charge on any atom is -0.504 e. The van der Waals surface area contributed by atoms with Crippen molar-refractivity contribution in [3.05, 3.63) is 66.2 Å². The van der Waals surface area contributed by atoms with Gasteiger partial charge in [0.15, 0.2) is 11.5 Å². The number of ether oxygens (including phenoxy) is 1. The Hall–Kier alpha value is -3.61. The van der Waals surface area contributed by atoms with Gasteiger partial charge in [0.1, 0.15) is 6.42 Å². The van der Waals surface area contributed by atoms with Gasteiger partial charge in [-0.3, -0.25) is 9.59 Å². The van der Waals surface area contributed by atoms with Gasteiger partial charge in [0.25, 0.3) is 0 Å². The number of hydrogen-bond donors (Lipinski definition) is 3. The summed E-state index contributed by atoms with van der Waals surface area (Å²) in [6, 6.07) is 12.1. The summed E-state index contributed by atoms with van der Waals surface area (Å²) in [5.74, 6) is -0.647. The molecule has 0 aliphatic rings. The van der Waals surface area contributed by atoms with Crippen LogP contribution in [0.2, 0.25) is 0 Å². The van der Waals surface area contributed by atoms with E-state index in [9.17, 15) is 14.7 Å². The van der Waals surface area contributed by atoms with E-state index in [0.717, 1.165) is 0 Å². The minimum absolute atomic E-state index is 0.0381. The molecule has 0 aromatic heterocycles. The number of nitrogens with one attached hydrogen (secondary N) is 2. The number of carbonyl (C=O) groups is 2. The van der Waals surface area contributed by atoms with Gasteiger partial charge < -0.3 is 15.2 Å². The first-order valence-corrected chi connectivity index (χ1v) is 8.21. The van der Waals surface area contributed by atoms with E-state index in [1.165, 1.54) is 13.3 Å². The number of benzene rings is 2. The summed E-state index contributed by atoms with van der Waals surface area (Å²) in [4.78, 5) is 23.6. The molecular formula is C20H21N3O4. The largest absolute Gasteiger partial charge is 0.504 e. The molecule has 2 rings (SSSR count). The molecule has 0 radical (unpaired) electrons. The lowest BCUT2D eigenvalue weighted by Gasteiger charge is -2.09. The molecule has 0 heterocycles. The zero-order chi connectivity index (χ0) is 19.6. The van der Waals surface area contributed by atoms with Crippen LogP contribution < -0.4 is 15.5 Å². The van der Waals surface area contributed by atoms with E-state index in [4.69, 9.17) is 4.74 Å². The molecule has 0 spiro atoms. The number of phenolic OH excluding ortho intramolecular Hbond substituents is 1. The van der Waals surface area contributed by atoms with Crippen LogP contribution in [0.4, 0.5) is 5.69 Å². The topological polar surface area (TPSA) is 100 Å². The summed E-state index contributed by atoms with van der Waals surface area (Å²) in [6.45, 7) is 3.64. The summed E-state index contributed by atoms with van der Waals surface area (Å²) in [7, 11) is 1.45. The van der Waals surface area contributed by atoms with Crippen molar-refractivity contribution in [1.29, 1.82) is 0 Å². The lowest BCUT2D eigenvalue weighted by molar-refractivity contribution is -0.126. The molecule has 0 aliphatic carbocycles. The third-order valence-corrected chi connectivity index (χ3v) is 3.54. The molecule has 7 nitrogen and oxygen atoms in total.